The van der Waals surface area contributed by atoms with Gasteiger partial charge in [-0.05, 0) is 32.4 Å². The van der Waals surface area contributed by atoms with Crippen LogP contribution in [0.1, 0.15) is 19.8 Å². The van der Waals surface area contributed by atoms with Crippen molar-refractivity contribution in [2.75, 3.05) is 11.9 Å². The third-order valence-corrected chi connectivity index (χ3v) is 2.71. The molecule has 0 bridgehead atoms. The van der Waals surface area contributed by atoms with Gasteiger partial charge in [0.1, 0.15) is 0 Å². The van der Waals surface area contributed by atoms with Crippen molar-refractivity contribution in [3.8, 4) is 0 Å². The van der Waals surface area contributed by atoms with Crippen molar-refractivity contribution in [2.24, 2.45) is 5.73 Å². The van der Waals surface area contributed by atoms with Gasteiger partial charge in [-0.1, -0.05) is 18.2 Å². The normalized spacial score (nSPS) is 12.6. The molecule has 0 aliphatic carbocycles. The molecule has 0 saturated heterocycles. The van der Waals surface area contributed by atoms with Crippen LogP contribution >= 0.6 is 0 Å². The fraction of sp³-hybridized carbons (Fsp3) is 0.385. The maximum atomic E-state index is 5.49. The lowest BCUT2D eigenvalue weighted by molar-refractivity contribution is 0.658. The summed E-state index contributed by atoms with van der Waals surface area (Å²) in [6.45, 7) is 2.85. The summed E-state index contributed by atoms with van der Waals surface area (Å²) in [6.07, 6.45) is 3.90. The van der Waals surface area contributed by atoms with Gasteiger partial charge in [-0.25, -0.2) is 9.97 Å². The Bertz CT molecular complexity index is 484. The molecule has 4 nitrogen and oxygen atoms in total. The topological polar surface area (TPSA) is 63.8 Å². The molecule has 0 aliphatic heterocycles. The first kappa shape index (κ1) is 11.8. The highest BCUT2D eigenvalue weighted by atomic mass is 15.1. The quantitative estimate of drug-likeness (QED) is 0.826. The fourth-order valence-corrected chi connectivity index (χ4v) is 1.76. The molecule has 0 aliphatic rings. The average Bonchev–Trinajstić information content (AvgIpc) is 2.36. The monoisotopic (exact) mass is 230 g/mol. The van der Waals surface area contributed by atoms with Crippen LogP contribution < -0.4 is 11.1 Å². The Hall–Kier alpha value is -1.68. The maximum absolute atomic E-state index is 5.49. The Morgan fingerprint density at radius 1 is 1.35 bits per heavy atom. The second kappa shape index (κ2) is 5.59. The van der Waals surface area contributed by atoms with Crippen LogP contribution in [0.25, 0.3) is 10.9 Å². The molecule has 0 radical (unpaired) electrons. The Balaban J connectivity index is 2.08. The minimum absolute atomic E-state index is 0.347. The standard InChI is InChI=1S/C13H18N4/c1-10(5-4-8-14)16-13-15-9-11-6-2-3-7-12(11)17-13/h2-3,6-7,9-10H,4-5,8,14H2,1H3,(H,15,16,17). The summed E-state index contributed by atoms with van der Waals surface area (Å²) in [5.74, 6) is 0.688. The van der Waals surface area contributed by atoms with Gasteiger partial charge in [0.2, 0.25) is 5.95 Å². The molecule has 0 saturated carbocycles. The van der Waals surface area contributed by atoms with Crippen LogP contribution in [0.4, 0.5) is 5.95 Å². The molecule has 90 valence electrons. The molecule has 1 unspecified atom stereocenters. The van der Waals surface area contributed by atoms with E-state index in [1.807, 2.05) is 30.5 Å². The second-order valence-corrected chi connectivity index (χ2v) is 4.23. The molecule has 1 aromatic carbocycles. The second-order valence-electron chi connectivity index (χ2n) is 4.23. The Morgan fingerprint density at radius 2 is 2.18 bits per heavy atom. The summed E-state index contributed by atoms with van der Waals surface area (Å²) in [7, 11) is 0. The van der Waals surface area contributed by atoms with Gasteiger partial charge in [0, 0.05) is 17.6 Å². The molecule has 0 amide bonds. The molecule has 0 fully saturated rings. The molecule has 1 heterocycles. The predicted molar refractivity (Wildman–Crippen MR) is 70.9 cm³/mol. The zero-order valence-corrected chi connectivity index (χ0v) is 10.1. The Labute approximate surface area is 101 Å². The van der Waals surface area contributed by atoms with E-state index in [2.05, 4.69) is 22.2 Å². The molecule has 2 rings (SSSR count). The lowest BCUT2D eigenvalue weighted by Gasteiger charge is -2.13. The van der Waals surface area contributed by atoms with E-state index in [1.54, 1.807) is 0 Å². The number of rotatable bonds is 5. The molecular weight excluding hydrogens is 212 g/mol. The summed E-state index contributed by atoms with van der Waals surface area (Å²) in [4.78, 5) is 8.77. The smallest absolute Gasteiger partial charge is 0.223 e. The average molecular weight is 230 g/mol. The Morgan fingerprint density at radius 3 is 3.00 bits per heavy atom. The Kier molecular flexibility index (Phi) is 3.88. The molecule has 0 spiro atoms. The van der Waals surface area contributed by atoms with Crippen molar-refractivity contribution >= 4 is 16.9 Å². The van der Waals surface area contributed by atoms with Crippen LogP contribution in [-0.2, 0) is 0 Å². The van der Waals surface area contributed by atoms with Crippen LogP contribution in [0.5, 0.6) is 0 Å². The third-order valence-electron chi connectivity index (χ3n) is 2.71. The molecule has 1 aromatic heterocycles. The van der Waals surface area contributed by atoms with E-state index >= 15 is 0 Å². The van der Waals surface area contributed by atoms with E-state index in [9.17, 15) is 0 Å². The number of fused-ring (bicyclic) bond motifs is 1. The molecule has 1 atom stereocenters. The number of aromatic nitrogens is 2. The SMILES string of the molecule is CC(CCCN)Nc1ncc2ccccc2n1. The van der Waals surface area contributed by atoms with Crippen molar-refractivity contribution in [1.29, 1.82) is 0 Å². The number of hydrogen-bond donors (Lipinski definition) is 2. The number of para-hydroxylation sites is 1. The minimum Gasteiger partial charge on any atom is -0.352 e. The van der Waals surface area contributed by atoms with Crippen molar-refractivity contribution in [3.63, 3.8) is 0 Å². The molecule has 2 aromatic rings. The first-order chi connectivity index (χ1) is 8.29. The highest BCUT2D eigenvalue weighted by Crippen LogP contribution is 2.12. The summed E-state index contributed by atoms with van der Waals surface area (Å²) in [5.41, 5.74) is 6.45. The number of nitrogens with one attached hydrogen (secondary N) is 1. The van der Waals surface area contributed by atoms with Gasteiger partial charge in [-0.15, -0.1) is 0 Å². The number of benzene rings is 1. The van der Waals surface area contributed by atoms with Crippen LogP contribution in [0.3, 0.4) is 0 Å². The van der Waals surface area contributed by atoms with Gasteiger partial charge < -0.3 is 11.1 Å². The maximum Gasteiger partial charge on any atom is 0.223 e. The number of hydrogen-bond acceptors (Lipinski definition) is 4. The van der Waals surface area contributed by atoms with Crippen LogP contribution in [0.2, 0.25) is 0 Å². The highest BCUT2D eigenvalue weighted by molar-refractivity contribution is 5.78. The van der Waals surface area contributed by atoms with E-state index in [1.165, 1.54) is 0 Å². The molecular formula is C13H18N4. The van der Waals surface area contributed by atoms with Crippen LogP contribution in [-0.4, -0.2) is 22.6 Å². The van der Waals surface area contributed by atoms with Gasteiger partial charge in [0.15, 0.2) is 0 Å². The van der Waals surface area contributed by atoms with Gasteiger partial charge in [-0.3, -0.25) is 0 Å². The first-order valence-corrected chi connectivity index (χ1v) is 5.98. The van der Waals surface area contributed by atoms with Gasteiger partial charge in [-0.2, -0.15) is 0 Å². The van der Waals surface area contributed by atoms with E-state index in [-0.39, 0.29) is 0 Å². The lowest BCUT2D eigenvalue weighted by atomic mass is 10.2. The third kappa shape index (κ3) is 3.14. The van der Waals surface area contributed by atoms with E-state index in [4.69, 9.17) is 5.73 Å². The van der Waals surface area contributed by atoms with Crippen molar-refractivity contribution in [1.82, 2.24) is 9.97 Å². The van der Waals surface area contributed by atoms with E-state index in [0.29, 0.717) is 12.0 Å². The van der Waals surface area contributed by atoms with Crippen molar-refractivity contribution in [3.05, 3.63) is 30.5 Å². The van der Waals surface area contributed by atoms with Crippen LogP contribution in [0, 0.1) is 0 Å². The zero-order valence-electron chi connectivity index (χ0n) is 10.1. The highest BCUT2D eigenvalue weighted by Gasteiger charge is 2.04. The van der Waals surface area contributed by atoms with Crippen molar-refractivity contribution in [2.45, 2.75) is 25.8 Å². The van der Waals surface area contributed by atoms with Gasteiger partial charge in [0.25, 0.3) is 0 Å². The molecule has 4 heteroatoms. The largest absolute Gasteiger partial charge is 0.352 e. The van der Waals surface area contributed by atoms with Crippen LogP contribution in [0.15, 0.2) is 30.5 Å². The number of nitrogens with zero attached hydrogens (tertiary/aromatic N) is 2. The predicted octanol–water partition coefficient (Wildman–Crippen LogP) is 2.17. The van der Waals surface area contributed by atoms with Gasteiger partial charge >= 0.3 is 0 Å². The van der Waals surface area contributed by atoms with E-state index < -0.39 is 0 Å². The number of anilines is 1. The zero-order chi connectivity index (χ0) is 12.1. The first-order valence-electron chi connectivity index (χ1n) is 5.98. The summed E-state index contributed by atoms with van der Waals surface area (Å²) >= 11 is 0. The summed E-state index contributed by atoms with van der Waals surface area (Å²) < 4.78 is 0. The fourth-order valence-electron chi connectivity index (χ4n) is 1.76. The van der Waals surface area contributed by atoms with E-state index in [0.717, 1.165) is 30.3 Å². The summed E-state index contributed by atoms with van der Waals surface area (Å²) in [6, 6.07) is 8.32. The molecule has 17 heavy (non-hydrogen) atoms. The van der Waals surface area contributed by atoms with Gasteiger partial charge in [0.05, 0.1) is 5.52 Å². The minimum atomic E-state index is 0.347. The number of nitrogens with two attached hydrogens (primary N) is 1. The van der Waals surface area contributed by atoms with Crippen molar-refractivity contribution < 1.29 is 0 Å². The lowest BCUT2D eigenvalue weighted by Crippen LogP contribution is -2.18. The molecule has 3 N–H and O–H groups in total. The summed E-state index contributed by atoms with van der Waals surface area (Å²) in [5, 5.41) is 4.35.